The fourth-order valence-electron chi connectivity index (χ4n) is 1.78. The van der Waals surface area contributed by atoms with Crippen molar-refractivity contribution in [3.63, 3.8) is 0 Å². The first-order valence-corrected chi connectivity index (χ1v) is 6.26. The second-order valence-corrected chi connectivity index (χ2v) is 4.69. The van der Waals surface area contributed by atoms with Crippen molar-refractivity contribution in [3.05, 3.63) is 47.2 Å². The van der Waals surface area contributed by atoms with Crippen LogP contribution < -0.4 is 16.2 Å². The molecule has 0 fully saturated rings. The molecule has 1 unspecified atom stereocenters. The third-order valence-corrected chi connectivity index (χ3v) is 3.28. The van der Waals surface area contributed by atoms with Crippen LogP contribution in [0.25, 0.3) is 0 Å². The van der Waals surface area contributed by atoms with Gasteiger partial charge in [0.05, 0.1) is 18.4 Å². The monoisotopic (exact) mass is 277 g/mol. The summed E-state index contributed by atoms with van der Waals surface area (Å²) in [5.41, 5.74) is 3.60. The number of hydrogen-bond acceptors (Lipinski definition) is 5. The fourth-order valence-corrected chi connectivity index (χ4v) is 1.98. The molecule has 0 aliphatic rings. The Balaban J connectivity index is 2.25. The van der Waals surface area contributed by atoms with E-state index >= 15 is 0 Å². The second kappa shape index (κ2) is 5.86. The lowest BCUT2D eigenvalue weighted by atomic mass is 10.1. The zero-order valence-corrected chi connectivity index (χ0v) is 11.6. The topological polar surface area (TPSA) is 67.1 Å². The van der Waals surface area contributed by atoms with Gasteiger partial charge in [-0.1, -0.05) is 23.7 Å². The van der Waals surface area contributed by atoms with E-state index < -0.39 is 0 Å². The lowest BCUT2D eigenvalue weighted by Gasteiger charge is -2.26. The summed E-state index contributed by atoms with van der Waals surface area (Å²) < 4.78 is 0. The molecule has 0 bridgehead atoms. The molecule has 0 saturated carbocycles. The van der Waals surface area contributed by atoms with E-state index in [0.717, 1.165) is 16.4 Å². The summed E-state index contributed by atoms with van der Waals surface area (Å²) in [5.74, 6) is 6.61. The number of halogens is 1. The minimum absolute atomic E-state index is 0.126. The number of rotatable bonds is 4. The van der Waals surface area contributed by atoms with Gasteiger partial charge in [0.25, 0.3) is 0 Å². The standard InChI is InChI=1S/C13H16ClN5/c1-9(10-4-3-5-11(14)6-10)19(2)13-8-16-7-12(17-13)18-15/h3-9H,15H2,1-2H3,(H,17,18). The Morgan fingerprint density at radius 3 is 2.84 bits per heavy atom. The first-order chi connectivity index (χ1) is 9.11. The van der Waals surface area contributed by atoms with Crippen LogP contribution in [-0.4, -0.2) is 17.0 Å². The minimum Gasteiger partial charge on any atom is -0.352 e. The van der Waals surface area contributed by atoms with Crippen LogP contribution in [0.4, 0.5) is 11.6 Å². The quantitative estimate of drug-likeness (QED) is 0.664. The van der Waals surface area contributed by atoms with E-state index in [1.165, 1.54) is 0 Å². The molecule has 0 radical (unpaired) electrons. The summed E-state index contributed by atoms with van der Waals surface area (Å²) >= 11 is 6.01. The molecule has 100 valence electrons. The van der Waals surface area contributed by atoms with Gasteiger partial charge in [0.15, 0.2) is 5.82 Å². The molecule has 5 nitrogen and oxygen atoms in total. The molecule has 0 spiro atoms. The van der Waals surface area contributed by atoms with E-state index in [9.17, 15) is 0 Å². The summed E-state index contributed by atoms with van der Waals surface area (Å²) in [6.07, 6.45) is 3.27. The van der Waals surface area contributed by atoms with Gasteiger partial charge in [-0.2, -0.15) is 0 Å². The summed E-state index contributed by atoms with van der Waals surface area (Å²) in [6.45, 7) is 2.08. The zero-order valence-electron chi connectivity index (χ0n) is 10.8. The second-order valence-electron chi connectivity index (χ2n) is 4.25. The normalized spacial score (nSPS) is 12.0. The Morgan fingerprint density at radius 2 is 2.16 bits per heavy atom. The molecular formula is C13H16ClN5. The molecule has 1 heterocycles. The number of hydrazine groups is 1. The molecule has 1 atom stereocenters. The highest BCUT2D eigenvalue weighted by molar-refractivity contribution is 6.30. The van der Waals surface area contributed by atoms with Gasteiger partial charge < -0.3 is 10.3 Å². The van der Waals surface area contributed by atoms with Gasteiger partial charge in [-0.3, -0.25) is 4.98 Å². The van der Waals surface area contributed by atoms with Gasteiger partial charge in [-0.15, -0.1) is 0 Å². The Hall–Kier alpha value is -1.85. The third-order valence-electron chi connectivity index (χ3n) is 3.04. The number of hydrogen-bond donors (Lipinski definition) is 2. The Kier molecular flexibility index (Phi) is 4.19. The van der Waals surface area contributed by atoms with Crippen molar-refractivity contribution in [1.82, 2.24) is 9.97 Å². The summed E-state index contributed by atoms with van der Waals surface area (Å²) in [7, 11) is 1.95. The molecule has 0 amide bonds. The van der Waals surface area contributed by atoms with Crippen molar-refractivity contribution < 1.29 is 0 Å². The fraction of sp³-hybridized carbons (Fsp3) is 0.231. The molecule has 0 aliphatic carbocycles. The number of benzene rings is 1. The lowest BCUT2D eigenvalue weighted by molar-refractivity contribution is 0.727. The van der Waals surface area contributed by atoms with Crippen LogP contribution in [0.2, 0.25) is 5.02 Å². The molecule has 2 rings (SSSR count). The van der Waals surface area contributed by atoms with Gasteiger partial charge in [0.1, 0.15) is 5.82 Å². The number of nitrogen functional groups attached to an aromatic ring is 1. The molecule has 0 aliphatic heterocycles. The van der Waals surface area contributed by atoms with E-state index in [0.29, 0.717) is 5.82 Å². The maximum Gasteiger partial charge on any atom is 0.160 e. The highest BCUT2D eigenvalue weighted by Crippen LogP contribution is 2.25. The predicted molar refractivity (Wildman–Crippen MR) is 78.1 cm³/mol. The van der Waals surface area contributed by atoms with Crippen molar-refractivity contribution in [1.29, 1.82) is 0 Å². The van der Waals surface area contributed by atoms with E-state index in [2.05, 4.69) is 22.3 Å². The average Bonchev–Trinajstić information content (AvgIpc) is 2.45. The first kappa shape index (κ1) is 13.6. The van der Waals surface area contributed by atoms with Gasteiger partial charge in [0, 0.05) is 12.1 Å². The number of anilines is 2. The van der Waals surface area contributed by atoms with E-state index in [1.54, 1.807) is 12.4 Å². The van der Waals surface area contributed by atoms with Crippen LogP contribution in [0.3, 0.4) is 0 Å². The van der Waals surface area contributed by atoms with E-state index in [4.69, 9.17) is 17.4 Å². The Bertz CT molecular complexity index is 560. The molecule has 1 aromatic heterocycles. The van der Waals surface area contributed by atoms with Crippen molar-refractivity contribution in [2.24, 2.45) is 5.84 Å². The maximum absolute atomic E-state index is 6.01. The molecule has 2 aromatic rings. The average molecular weight is 278 g/mol. The third kappa shape index (κ3) is 3.13. The van der Waals surface area contributed by atoms with Gasteiger partial charge >= 0.3 is 0 Å². The Morgan fingerprint density at radius 1 is 1.37 bits per heavy atom. The molecule has 19 heavy (non-hydrogen) atoms. The highest BCUT2D eigenvalue weighted by atomic mass is 35.5. The highest BCUT2D eigenvalue weighted by Gasteiger charge is 2.14. The number of nitrogens with two attached hydrogens (primary N) is 1. The lowest BCUT2D eigenvalue weighted by Crippen LogP contribution is -2.23. The van der Waals surface area contributed by atoms with Crippen molar-refractivity contribution in [2.75, 3.05) is 17.4 Å². The van der Waals surface area contributed by atoms with Gasteiger partial charge in [-0.25, -0.2) is 10.8 Å². The van der Waals surface area contributed by atoms with E-state index in [-0.39, 0.29) is 6.04 Å². The van der Waals surface area contributed by atoms with Crippen LogP contribution in [0, 0.1) is 0 Å². The van der Waals surface area contributed by atoms with Crippen molar-refractivity contribution in [2.45, 2.75) is 13.0 Å². The molecule has 0 saturated heterocycles. The summed E-state index contributed by atoms with van der Waals surface area (Å²) in [5, 5.41) is 0.723. The van der Waals surface area contributed by atoms with Crippen LogP contribution in [0.15, 0.2) is 36.7 Å². The smallest absolute Gasteiger partial charge is 0.160 e. The van der Waals surface area contributed by atoms with Crippen molar-refractivity contribution in [3.8, 4) is 0 Å². The number of nitrogens with zero attached hydrogens (tertiary/aromatic N) is 3. The zero-order chi connectivity index (χ0) is 13.8. The van der Waals surface area contributed by atoms with Crippen LogP contribution in [0.1, 0.15) is 18.5 Å². The molecular weight excluding hydrogens is 262 g/mol. The summed E-state index contributed by atoms with van der Waals surface area (Å²) in [6, 6.07) is 7.90. The number of nitrogens with one attached hydrogen (secondary N) is 1. The van der Waals surface area contributed by atoms with Crippen molar-refractivity contribution >= 4 is 23.2 Å². The van der Waals surface area contributed by atoms with E-state index in [1.807, 2.05) is 36.2 Å². The number of aromatic nitrogens is 2. The maximum atomic E-state index is 6.01. The van der Waals surface area contributed by atoms with Crippen LogP contribution in [0.5, 0.6) is 0 Å². The minimum atomic E-state index is 0.126. The molecule has 3 N–H and O–H groups in total. The van der Waals surface area contributed by atoms with Gasteiger partial charge in [0.2, 0.25) is 0 Å². The SMILES string of the molecule is CC(c1cccc(Cl)c1)N(C)c1cncc(NN)n1. The van der Waals surface area contributed by atoms with Crippen LogP contribution >= 0.6 is 11.6 Å². The largest absolute Gasteiger partial charge is 0.352 e. The molecule has 1 aromatic carbocycles. The first-order valence-electron chi connectivity index (χ1n) is 5.89. The predicted octanol–water partition coefficient (Wildman–Crippen LogP) is 2.61. The van der Waals surface area contributed by atoms with Crippen LogP contribution in [-0.2, 0) is 0 Å². The van der Waals surface area contributed by atoms with Gasteiger partial charge in [-0.05, 0) is 24.6 Å². The molecule has 6 heteroatoms. The summed E-state index contributed by atoms with van der Waals surface area (Å²) in [4.78, 5) is 10.5. The Labute approximate surface area is 117 Å².